The number of hydroxylamine groups is 1. The van der Waals surface area contributed by atoms with Crippen LogP contribution in [0.1, 0.15) is 21.5 Å². The number of nitrogens with two attached hydrogens (primary N) is 1. The van der Waals surface area contributed by atoms with E-state index in [9.17, 15) is 9.59 Å². The molecule has 2 amide bonds. The number of carbonyl (C=O) groups excluding carboxylic acids is 2. The number of carbonyl (C=O) groups is 2. The van der Waals surface area contributed by atoms with E-state index < -0.39 is 6.09 Å². The van der Waals surface area contributed by atoms with Gasteiger partial charge in [0.2, 0.25) is 11.9 Å². The molecule has 2 aromatic heterocycles. The minimum atomic E-state index is -0.607. The molecule has 0 saturated carbocycles. The van der Waals surface area contributed by atoms with Crippen molar-refractivity contribution >= 4 is 29.7 Å². The fraction of sp³-hybridized carbons (Fsp3) is 0.429. The summed E-state index contributed by atoms with van der Waals surface area (Å²) in [6.45, 7) is 6.31. The number of benzene rings is 1. The van der Waals surface area contributed by atoms with Gasteiger partial charge in [0.05, 0.1) is 25.5 Å². The molecule has 14 nitrogen and oxygen atoms in total. The Morgan fingerprint density at radius 1 is 0.976 bits per heavy atom. The second-order valence-electron chi connectivity index (χ2n) is 10.5. The van der Waals surface area contributed by atoms with E-state index in [1.165, 1.54) is 5.06 Å². The van der Waals surface area contributed by atoms with Crippen molar-refractivity contribution in [2.45, 2.75) is 13.0 Å². The summed E-state index contributed by atoms with van der Waals surface area (Å²) in [6, 6.07) is 7.29. The van der Waals surface area contributed by atoms with Crippen molar-refractivity contribution in [1.29, 1.82) is 0 Å². The van der Waals surface area contributed by atoms with Gasteiger partial charge >= 0.3 is 6.09 Å². The third-order valence-electron chi connectivity index (χ3n) is 7.64. The molecule has 3 aliphatic heterocycles. The van der Waals surface area contributed by atoms with Crippen LogP contribution in [0.2, 0.25) is 0 Å². The van der Waals surface area contributed by atoms with Crippen LogP contribution < -0.4 is 21.0 Å². The van der Waals surface area contributed by atoms with E-state index in [-0.39, 0.29) is 18.4 Å². The molecule has 0 unspecified atom stereocenters. The first-order valence-corrected chi connectivity index (χ1v) is 14.1. The van der Waals surface area contributed by atoms with Crippen molar-refractivity contribution < 1.29 is 19.2 Å². The van der Waals surface area contributed by atoms with E-state index in [1.807, 2.05) is 21.9 Å². The van der Waals surface area contributed by atoms with E-state index in [4.69, 9.17) is 25.3 Å². The zero-order valence-corrected chi connectivity index (χ0v) is 23.5. The molecule has 0 aliphatic carbocycles. The highest BCUT2D eigenvalue weighted by molar-refractivity contribution is 5.94. The molecule has 3 N–H and O–H groups in total. The Bertz CT molecular complexity index is 1420. The Balaban J connectivity index is 1.12. The van der Waals surface area contributed by atoms with Crippen LogP contribution in [0.5, 0.6) is 0 Å². The fourth-order valence-electron chi connectivity index (χ4n) is 5.17. The Labute approximate surface area is 243 Å². The Morgan fingerprint density at radius 2 is 1.69 bits per heavy atom. The molecule has 220 valence electrons. The highest BCUT2D eigenvalue weighted by Crippen LogP contribution is 2.35. The van der Waals surface area contributed by atoms with Crippen LogP contribution in [0.4, 0.5) is 22.5 Å². The van der Waals surface area contributed by atoms with Gasteiger partial charge in [-0.05, 0) is 31.2 Å². The summed E-state index contributed by atoms with van der Waals surface area (Å²) in [4.78, 5) is 55.3. The average molecular weight is 575 g/mol. The number of ether oxygens (including phenoxy) is 1. The van der Waals surface area contributed by atoms with Crippen molar-refractivity contribution in [1.82, 2.24) is 35.1 Å². The molecule has 3 aromatic rings. The van der Waals surface area contributed by atoms with Crippen molar-refractivity contribution in [2.24, 2.45) is 0 Å². The van der Waals surface area contributed by atoms with Crippen LogP contribution in [0, 0.1) is 0 Å². The lowest BCUT2D eigenvalue weighted by Crippen LogP contribution is -2.47. The molecular formula is C28H34N10O4. The van der Waals surface area contributed by atoms with Crippen molar-refractivity contribution in [2.75, 3.05) is 81.8 Å². The highest BCUT2D eigenvalue weighted by atomic mass is 16.7. The molecule has 3 aliphatic rings. The largest absolute Gasteiger partial charge is 0.431 e. The molecule has 5 heterocycles. The number of rotatable bonds is 6. The van der Waals surface area contributed by atoms with E-state index >= 15 is 0 Å². The summed E-state index contributed by atoms with van der Waals surface area (Å²) in [5.41, 5.74) is 9.42. The third kappa shape index (κ3) is 6.04. The Morgan fingerprint density at radius 3 is 2.40 bits per heavy atom. The first-order chi connectivity index (χ1) is 20.4. The van der Waals surface area contributed by atoms with E-state index in [0.717, 1.165) is 37.3 Å². The van der Waals surface area contributed by atoms with Crippen molar-refractivity contribution in [3.05, 3.63) is 53.3 Å². The molecular weight excluding hydrogens is 540 g/mol. The van der Waals surface area contributed by atoms with Crippen LogP contribution in [-0.2, 0) is 22.5 Å². The maximum atomic E-state index is 12.8. The number of hydrogen-bond acceptors (Lipinski definition) is 12. The maximum absolute atomic E-state index is 12.8. The first kappa shape index (κ1) is 27.6. The lowest BCUT2D eigenvalue weighted by atomic mass is 10.1. The monoisotopic (exact) mass is 574 g/mol. The highest BCUT2D eigenvalue weighted by Gasteiger charge is 2.31. The fourth-order valence-corrected chi connectivity index (χ4v) is 5.17. The second kappa shape index (κ2) is 12.1. The third-order valence-corrected chi connectivity index (χ3v) is 7.64. The number of likely N-dealkylation sites (N-methyl/N-ethyl adjacent to an activating group) is 1. The smallest absolute Gasteiger partial charge is 0.378 e. The van der Waals surface area contributed by atoms with Crippen LogP contribution in [0.15, 0.2) is 36.7 Å². The standard InChI is InChI=1S/C28H34N10O4/c1-35-8-10-36(11-9-35)25(39)20-4-2-19(3-5-20)16-32-28(40)42-38-7-6-22-23(21-17-30-26(29)31-18-21)33-27(34-24(22)38)37-12-14-41-15-13-37/h2-5,17-18H,6-16H2,1H3,(H,32,40)(H2,29,30,31). The van der Waals surface area contributed by atoms with Gasteiger partial charge in [-0.3, -0.25) is 4.79 Å². The zero-order chi connectivity index (χ0) is 29.1. The summed E-state index contributed by atoms with van der Waals surface area (Å²) in [5.74, 6) is 1.25. The molecule has 2 fully saturated rings. The van der Waals surface area contributed by atoms with Gasteiger partial charge in [0.1, 0.15) is 0 Å². The van der Waals surface area contributed by atoms with Gasteiger partial charge in [-0.15, -0.1) is 0 Å². The van der Waals surface area contributed by atoms with Gasteiger partial charge in [-0.2, -0.15) is 10.0 Å². The van der Waals surface area contributed by atoms with Crippen molar-refractivity contribution in [3.8, 4) is 11.3 Å². The SMILES string of the molecule is CN1CCN(C(=O)c2ccc(CNC(=O)ON3CCc4c(-c5cnc(N)nc5)nc(N5CCOCC5)nc43)cc2)CC1. The van der Waals surface area contributed by atoms with Gasteiger partial charge in [0, 0.05) is 74.9 Å². The van der Waals surface area contributed by atoms with Gasteiger partial charge < -0.3 is 35.3 Å². The maximum Gasteiger partial charge on any atom is 0.431 e. The Kier molecular flexibility index (Phi) is 7.97. The van der Waals surface area contributed by atoms with E-state index in [2.05, 4.69) is 27.2 Å². The summed E-state index contributed by atoms with van der Waals surface area (Å²) < 4.78 is 5.49. The van der Waals surface area contributed by atoms with Crippen LogP contribution in [0.3, 0.4) is 0 Å². The summed E-state index contributed by atoms with van der Waals surface area (Å²) in [7, 11) is 2.06. The molecule has 42 heavy (non-hydrogen) atoms. The number of amides is 2. The molecule has 0 spiro atoms. The number of anilines is 3. The number of hydrogen-bond donors (Lipinski definition) is 2. The number of nitrogen functional groups attached to an aromatic ring is 1. The molecule has 0 radical (unpaired) electrons. The van der Waals surface area contributed by atoms with Gasteiger partial charge in [0.25, 0.3) is 5.91 Å². The molecule has 1 aromatic carbocycles. The Hall–Kier alpha value is -4.56. The minimum Gasteiger partial charge on any atom is -0.378 e. The van der Waals surface area contributed by atoms with Gasteiger partial charge in [-0.25, -0.2) is 19.7 Å². The van der Waals surface area contributed by atoms with Crippen LogP contribution >= 0.6 is 0 Å². The zero-order valence-electron chi connectivity index (χ0n) is 23.5. The second-order valence-corrected chi connectivity index (χ2v) is 10.5. The predicted molar refractivity (Wildman–Crippen MR) is 155 cm³/mol. The quantitative estimate of drug-likeness (QED) is 0.430. The topological polar surface area (TPSA) is 155 Å². The lowest BCUT2D eigenvalue weighted by molar-refractivity contribution is 0.0664. The molecule has 6 rings (SSSR count). The molecule has 0 atom stereocenters. The normalized spacial score (nSPS) is 17.2. The minimum absolute atomic E-state index is 0.0260. The van der Waals surface area contributed by atoms with Gasteiger partial charge in [-0.1, -0.05) is 12.1 Å². The average Bonchev–Trinajstić information content (AvgIpc) is 3.43. The predicted octanol–water partition coefficient (Wildman–Crippen LogP) is 0.944. The number of aromatic nitrogens is 4. The van der Waals surface area contributed by atoms with E-state index in [1.54, 1.807) is 24.5 Å². The molecule has 2 saturated heterocycles. The summed E-state index contributed by atoms with van der Waals surface area (Å²) >= 11 is 0. The lowest BCUT2D eigenvalue weighted by Gasteiger charge is -2.32. The molecule has 14 heteroatoms. The first-order valence-electron chi connectivity index (χ1n) is 14.1. The number of nitrogens with one attached hydrogen (secondary N) is 1. The van der Waals surface area contributed by atoms with Gasteiger partial charge in [0.15, 0.2) is 5.82 Å². The number of morpholine rings is 1. The van der Waals surface area contributed by atoms with Crippen molar-refractivity contribution in [3.63, 3.8) is 0 Å². The van der Waals surface area contributed by atoms with E-state index in [0.29, 0.717) is 67.9 Å². The number of nitrogens with zero attached hydrogens (tertiary/aromatic N) is 8. The summed E-state index contributed by atoms with van der Waals surface area (Å²) in [5, 5.41) is 4.29. The number of piperazine rings is 1. The summed E-state index contributed by atoms with van der Waals surface area (Å²) in [6.07, 6.45) is 3.24. The van der Waals surface area contributed by atoms with Crippen LogP contribution in [0.25, 0.3) is 11.3 Å². The van der Waals surface area contributed by atoms with Crippen LogP contribution in [-0.4, -0.2) is 108 Å². The molecule has 0 bridgehead atoms. The number of fused-ring (bicyclic) bond motifs is 1.